The zero-order valence-corrected chi connectivity index (χ0v) is 16.9. The molecule has 1 aromatic rings. The molecule has 1 heterocycles. The number of amides is 1. The standard InChI is InChI=1S/C19H26BrNO4/c1-5-24-18(23)9-8-17(22)21-11-14(12-21)25-16-7-6-13(20)10-15(16)19(2,3)4/h6-7,10,14H,5,8-9,11-12H2,1-4H3. The van der Waals surface area contributed by atoms with Crippen LogP contribution in [0, 0.1) is 0 Å². The summed E-state index contributed by atoms with van der Waals surface area (Å²) in [5.41, 5.74) is 1.10. The molecule has 1 aliphatic heterocycles. The maximum absolute atomic E-state index is 12.1. The van der Waals surface area contributed by atoms with Gasteiger partial charge in [-0.3, -0.25) is 9.59 Å². The first-order valence-corrected chi connectivity index (χ1v) is 9.40. The highest BCUT2D eigenvalue weighted by Crippen LogP contribution is 2.35. The lowest BCUT2D eigenvalue weighted by Crippen LogP contribution is -2.56. The molecule has 1 saturated heterocycles. The SMILES string of the molecule is CCOC(=O)CCC(=O)N1CC(Oc2ccc(Br)cc2C(C)(C)C)C1. The van der Waals surface area contributed by atoms with Crippen molar-refractivity contribution in [3.05, 3.63) is 28.2 Å². The van der Waals surface area contributed by atoms with Crippen molar-refractivity contribution in [2.45, 2.75) is 52.1 Å². The molecule has 0 spiro atoms. The molecule has 2 rings (SSSR count). The Labute approximate surface area is 157 Å². The van der Waals surface area contributed by atoms with Crippen LogP contribution in [0.15, 0.2) is 22.7 Å². The third kappa shape index (κ3) is 5.46. The average Bonchev–Trinajstić information content (AvgIpc) is 2.48. The van der Waals surface area contributed by atoms with Crippen LogP contribution >= 0.6 is 15.9 Å². The summed E-state index contributed by atoms with van der Waals surface area (Å²) < 4.78 is 12.0. The van der Waals surface area contributed by atoms with E-state index in [1.807, 2.05) is 12.1 Å². The van der Waals surface area contributed by atoms with E-state index >= 15 is 0 Å². The lowest BCUT2D eigenvalue weighted by molar-refractivity contribution is -0.148. The fourth-order valence-electron chi connectivity index (χ4n) is 2.69. The zero-order chi connectivity index (χ0) is 18.6. The summed E-state index contributed by atoms with van der Waals surface area (Å²) in [6.07, 6.45) is 0.320. The van der Waals surface area contributed by atoms with E-state index in [-0.39, 0.29) is 36.2 Å². The van der Waals surface area contributed by atoms with Gasteiger partial charge in [0.15, 0.2) is 0 Å². The summed E-state index contributed by atoms with van der Waals surface area (Å²) in [5, 5.41) is 0. The van der Waals surface area contributed by atoms with Gasteiger partial charge in [0.2, 0.25) is 5.91 Å². The van der Waals surface area contributed by atoms with Gasteiger partial charge in [-0.25, -0.2) is 0 Å². The molecule has 0 bridgehead atoms. The molecular formula is C19H26BrNO4. The van der Waals surface area contributed by atoms with Crippen molar-refractivity contribution >= 4 is 27.8 Å². The van der Waals surface area contributed by atoms with Crippen LogP contribution in [0.4, 0.5) is 0 Å². The smallest absolute Gasteiger partial charge is 0.306 e. The molecule has 6 heteroatoms. The van der Waals surface area contributed by atoms with Gasteiger partial charge < -0.3 is 14.4 Å². The summed E-state index contributed by atoms with van der Waals surface area (Å²) in [6.45, 7) is 9.65. The predicted molar refractivity (Wildman–Crippen MR) is 99.7 cm³/mol. The predicted octanol–water partition coefficient (Wildman–Crippen LogP) is 3.68. The van der Waals surface area contributed by atoms with Crippen molar-refractivity contribution in [1.29, 1.82) is 0 Å². The number of carbonyl (C=O) groups excluding carboxylic acids is 2. The Balaban J connectivity index is 1.86. The minimum absolute atomic E-state index is 0.00572. The number of halogens is 1. The number of ether oxygens (including phenoxy) is 2. The topological polar surface area (TPSA) is 55.8 Å². The zero-order valence-electron chi connectivity index (χ0n) is 15.3. The second kappa shape index (κ2) is 8.21. The maximum atomic E-state index is 12.1. The monoisotopic (exact) mass is 411 g/mol. The molecule has 0 N–H and O–H groups in total. The number of hydrogen-bond donors (Lipinski definition) is 0. The van der Waals surface area contributed by atoms with E-state index in [4.69, 9.17) is 9.47 Å². The molecule has 1 fully saturated rings. The van der Waals surface area contributed by atoms with Crippen LogP contribution in [0.3, 0.4) is 0 Å². The first kappa shape index (κ1) is 19.8. The van der Waals surface area contributed by atoms with E-state index < -0.39 is 0 Å². The largest absolute Gasteiger partial charge is 0.486 e. The van der Waals surface area contributed by atoms with Gasteiger partial charge in [-0.15, -0.1) is 0 Å². The number of esters is 1. The quantitative estimate of drug-likeness (QED) is 0.669. The summed E-state index contributed by atoms with van der Waals surface area (Å²) in [4.78, 5) is 25.1. The van der Waals surface area contributed by atoms with Crippen molar-refractivity contribution in [1.82, 2.24) is 4.90 Å². The summed E-state index contributed by atoms with van der Waals surface area (Å²) in [6, 6.07) is 6.01. The van der Waals surface area contributed by atoms with Crippen LogP contribution in [0.5, 0.6) is 5.75 Å². The van der Waals surface area contributed by atoms with Gasteiger partial charge in [0.25, 0.3) is 0 Å². The normalized spacial score (nSPS) is 14.8. The fourth-order valence-corrected chi connectivity index (χ4v) is 3.05. The molecule has 1 aromatic carbocycles. The average molecular weight is 412 g/mol. The molecule has 0 atom stereocenters. The van der Waals surface area contributed by atoms with E-state index in [0.29, 0.717) is 19.7 Å². The molecule has 138 valence electrons. The molecule has 1 amide bonds. The number of rotatable bonds is 6. The van der Waals surface area contributed by atoms with Gasteiger partial charge in [-0.05, 0) is 30.5 Å². The molecule has 0 saturated carbocycles. The van der Waals surface area contributed by atoms with Gasteiger partial charge in [0.05, 0.1) is 26.1 Å². The van der Waals surface area contributed by atoms with Crippen LogP contribution in [0.2, 0.25) is 0 Å². The highest BCUT2D eigenvalue weighted by atomic mass is 79.9. The number of likely N-dealkylation sites (tertiary alicyclic amines) is 1. The van der Waals surface area contributed by atoms with Crippen LogP contribution < -0.4 is 4.74 Å². The van der Waals surface area contributed by atoms with Gasteiger partial charge in [-0.2, -0.15) is 0 Å². The Hall–Kier alpha value is -1.56. The minimum Gasteiger partial charge on any atom is -0.486 e. The summed E-state index contributed by atoms with van der Waals surface area (Å²) in [7, 11) is 0. The highest BCUT2D eigenvalue weighted by Gasteiger charge is 2.33. The molecule has 5 nitrogen and oxygen atoms in total. The van der Waals surface area contributed by atoms with Crippen molar-refractivity contribution in [2.75, 3.05) is 19.7 Å². The third-order valence-corrected chi connectivity index (χ3v) is 4.59. The molecule has 1 aliphatic rings. The van der Waals surface area contributed by atoms with Crippen molar-refractivity contribution in [3.8, 4) is 5.75 Å². The van der Waals surface area contributed by atoms with Crippen LogP contribution in [0.25, 0.3) is 0 Å². The first-order valence-electron chi connectivity index (χ1n) is 8.60. The van der Waals surface area contributed by atoms with Crippen molar-refractivity contribution in [2.24, 2.45) is 0 Å². The Bertz CT molecular complexity index is 633. The number of nitrogens with zero attached hydrogens (tertiary/aromatic N) is 1. The molecular weight excluding hydrogens is 386 g/mol. The van der Waals surface area contributed by atoms with E-state index in [2.05, 4.69) is 42.8 Å². The molecule has 0 unspecified atom stereocenters. The van der Waals surface area contributed by atoms with Crippen LogP contribution in [0.1, 0.15) is 46.1 Å². The van der Waals surface area contributed by atoms with Gasteiger partial charge in [0.1, 0.15) is 11.9 Å². The highest BCUT2D eigenvalue weighted by molar-refractivity contribution is 9.10. The maximum Gasteiger partial charge on any atom is 0.306 e. The summed E-state index contributed by atoms with van der Waals surface area (Å²) in [5.74, 6) is 0.507. The van der Waals surface area contributed by atoms with Crippen LogP contribution in [-0.2, 0) is 19.7 Å². The first-order chi connectivity index (χ1) is 11.7. The van der Waals surface area contributed by atoms with Crippen LogP contribution in [-0.4, -0.2) is 42.6 Å². The van der Waals surface area contributed by atoms with E-state index in [1.54, 1.807) is 11.8 Å². The van der Waals surface area contributed by atoms with Crippen molar-refractivity contribution in [3.63, 3.8) is 0 Å². The Kier molecular flexibility index (Phi) is 6.49. The Morgan fingerprint density at radius 2 is 1.92 bits per heavy atom. The second-order valence-electron chi connectivity index (χ2n) is 7.23. The lowest BCUT2D eigenvalue weighted by atomic mass is 9.86. The van der Waals surface area contributed by atoms with E-state index in [1.165, 1.54) is 0 Å². The van der Waals surface area contributed by atoms with Gasteiger partial charge in [-0.1, -0.05) is 36.7 Å². The summed E-state index contributed by atoms with van der Waals surface area (Å²) >= 11 is 3.51. The van der Waals surface area contributed by atoms with Gasteiger partial charge in [0, 0.05) is 16.5 Å². The number of carbonyl (C=O) groups is 2. The third-order valence-electron chi connectivity index (χ3n) is 4.09. The molecule has 0 aromatic heterocycles. The van der Waals surface area contributed by atoms with Gasteiger partial charge >= 0.3 is 5.97 Å². The molecule has 0 aliphatic carbocycles. The van der Waals surface area contributed by atoms with E-state index in [0.717, 1.165) is 15.8 Å². The molecule has 0 radical (unpaired) electrons. The Morgan fingerprint density at radius 1 is 1.24 bits per heavy atom. The minimum atomic E-state index is -0.325. The number of hydrogen-bond acceptors (Lipinski definition) is 4. The second-order valence-corrected chi connectivity index (χ2v) is 8.15. The fraction of sp³-hybridized carbons (Fsp3) is 0.579. The number of benzene rings is 1. The lowest BCUT2D eigenvalue weighted by Gasteiger charge is -2.40. The van der Waals surface area contributed by atoms with E-state index in [9.17, 15) is 9.59 Å². The Morgan fingerprint density at radius 3 is 2.52 bits per heavy atom. The van der Waals surface area contributed by atoms with Crippen molar-refractivity contribution < 1.29 is 19.1 Å². The molecule has 25 heavy (non-hydrogen) atoms.